The van der Waals surface area contributed by atoms with E-state index in [0.29, 0.717) is 12.5 Å². The predicted octanol–water partition coefficient (Wildman–Crippen LogP) is 1.93. The Morgan fingerprint density at radius 1 is 1.29 bits per heavy atom. The second-order valence-electron chi connectivity index (χ2n) is 7.19. The van der Waals surface area contributed by atoms with Gasteiger partial charge in [-0.1, -0.05) is 18.2 Å². The second-order valence-corrected chi connectivity index (χ2v) is 7.19. The number of carbonyl (C=O) groups excluding carboxylic acids is 1. The van der Waals surface area contributed by atoms with Crippen molar-refractivity contribution in [1.82, 2.24) is 10.2 Å². The first kappa shape index (κ1) is 16.8. The fourth-order valence-corrected chi connectivity index (χ4v) is 3.48. The highest BCUT2D eigenvalue weighted by atomic mass is 16.2. The summed E-state index contributed by atoms with van der Waals surface area (Å²) in [5.74, 6) is 0.291. The number of piperazine rings is 1. The molecule has 1 saturated carbocycles. The van der Waals surface area contributed by atoms with E-state index in [-0.39, 0.29) is 5.91 Å². The lowest BCUT2D eigenvalue weighted by atomic mass is 9.98. The number of nitriles is 1. The summed E-state index contributed by atoms with van der Waals surface area (Å²) in [7, 11) is 0. The molecular formula is C19H26N4O. The van der Waals surface area contributed by atoms with Crippen LogP contribution in [-0.4, -0.2) is 49.1 Å². The van der Waals surface area contributed by atoms with Gasteiger partial charge >= 0.3 is 0 Å². The van der Waals surface area contributed by atoms with Crippen LogP contribution in [-0.2, 0) is 4.79 Å². The quantitative estimate of drug-likeness (QED) is 0.898. The fraction of sp³-hybridized carbons (Fsp3) is 0.579. The molecule has 1 aromatic rings. The van der Waals surface area contributed by atoms with Crippen LogP contribution in [0.2, 0.25) is 0 Å². The molecule has 0 bridgehead atoms. The maximum absolute atomic E-state index is 12.3. The van der Waals surface area contributed by atoms with Crippen LogP contribution in [0.25, 0.3) is 0 Å². The van der Waals surface area contributed by atoms with Crippen LogP contribution in [0.15, 0.2) is 24.3 Å². The molecule has 0 spiro atoms. The molecule has 1 atom stereocenters. The number of benzene rings is 1. The highest BCUT2D eigenvalue weighted by Gasteiger charge is 2.43. The molecule has 1 saturated heterocycles. The number of para-hydroxylation sites is 1. The number of nitrogens with zero attached hydrogens (tertiary/aromatic N) is 3. The van der Waals surface area contributed by atoms with E-state index < -0.39 is 5.54 Å². The summed E-state index contributed by atoms with van der Waals surface area (Å²) in [5, 5.41) is 12.3. The summed E-state index contributed by atoms with van der Waals surface area (Å²) in [5.41, 5.74) is 1.88. The fourth-order valence-electron chi connectivity index (χ4n) is 3.48. The molecule has 1 aromatic carbocycles. The molecule has 1 N–H and O–H groups in total. The van der Waals surface area contributed by atoms with Gasteiger partial charge in [0, 0.05) is 31.9 Å². The van der Waals surface area contributed by atoms with Gasteiger partial charge in [0.15, 0.2) is 0 Å². The van der Waals surface area contributed by atoms with E-state index in [2.05, 4.69) is 52.4 Å². The zero-order chi connectivity index (χ0) is 17.2. The molecule has 1 amide bonds. The van der Waals surface area contributed by atoms with Crippen LogP contribution in [0.5, 0.6) is 0 Å². The van der Waals surface area contributed by atoms with E-state index in [9.17, 15) is 10.1 Å². The molecule has 24 heavy (non-hydrogen) atoms. The zero-order valence-corrected chi connectivity index (χ0v) is 14.6. The lowest BCUT2D eigenvalue weighted by Gasteiger charge is -2.36. The molecule has 2 aliphatic rings. The molecule has 0 unspecified atom stereocenters. The molecular weight excluding hydrogens is 300 g/mol. The van der Waals surface area contributed by atoms with Gasteiger partial charge in [-0.25, -0.2) is 0 Å². The highest BCUT2D eigenvalue weighted by Crippen LogP contribution is 2.39. The minimum absolute atomic E-state index is 0.0321. The molecule has 1 aliphatic heterocycles. The molecule has 1 aliphatic carbocycles. The molecule has 5 nitrogen and oxygen atoms in total. The van der Waals surface area contributed by atoms with E-state index in [1.165, 1.54) is 11.3 Å². The lowest BCUT2D eigenvalue weighted by molar-refractivity contribution is -0.123. The molecule has 5 heteroatoms. The minimum atomic E-state index is -0.694. The van der Waals surface area contributed by atoms with Gasteiger partial charge < -0.3 is 10.2 Å². The number of carbonyl (C=O) groups is 1. The molecule has 2 fully saturated rings. The number of hydrogen-bond acceptors (Lipinski definition) is 4. The number of hydrogen-bond donors (Lipinski definition) is 1. The van der Waals surface area contributed by atoms with Crippen LogP contribution in [0.3, 0.4) is 0 Å². The SMILES string of the molecule is Cc1ccccc1N1CCN(CC(=O)N[C@@](C)(C#N)C2CC2)CC1. The second kappa shape index (κ2) is 6.82. The van der Waals surface area contributed by atoms with E-state index in [4.69, 9.17) is 0 Å². The Balaban J connectivity index is 1.50. The predicted molar refractivity (Wildman–Crippen MR) is 94.7 cm³/mol. The summed E-state index contributed by atoms with van der Waals surface area (Å²) < 4.78 is 0. The summed E-state index contributed by atoms with van der Waals surface area (Å²) in [6.45, 7) is 7.95. The Morgan fingerprint density at radius 3 is 2.54 bits per heavy atom. The number of anilines is 1. The maximum atomic E-state index is 12.3. The van der Waals surface area contributed by atoms with Crippen molar-refractivity contribution >= 4 is 11.6 Å². The average molecular weight is 326 g/mol. The van der Waals surface area contributed by atoms with Crippen molar-refractivity contribution in [3.8, 4) is 6.07 Å². The Morgan fingerprint density at radius 2 is 1.96 bits per heavy atom. The summed E-state index contributed by atoms with van der Waals surface area (Å²) >= 11 is 0. The maximum Gasteiger partial charge on any atom is 0.235 e. The van der Waals surface area contributed by atoms with Crippen LogP contribution in [0, 0.1) is 24.2 Å². The third-order valence-corrected chi connectivity index (χ3v) is 5.22. The van der Waals surface area contributed by atoms with Crippen molar-refractivity contribution in [2.24, 2.45) is 5.92 Å². The zero-order valence-electron chi connectivity index (χ0n) is 14.6. The topological polar surface area (TPSA) is 59.4 Å². The molecule has 3 rings (SSSR count). The summed E-state index contributed by atoms with van der Waals surface area (Å²) in [6.07, 6.45) is 2.08. The smallest absolute Gasteiger partial charge is 0.235 e. The van der Waals surface area contributed by atoms with Gasteiger partial charge in [0.05, 0.1) is 12.6 Å². The number of nitrogens with one attached hydrogen (secondary N) is 1. The Bertz CT molecular complexity index is 641. The van der Waals surface area contributed by atoms with Crippen molar-refractivity contribution in [3.05, 3.63) is 29.8 Å². The molecule has 0 radical (unpaired) electrons. The summed E-state index contributed by atoms with van der Waals surface area (Å²) in [6, 6.07) is 10.7. The van der Waals surface area contributed by atoms with Crippen LogP contribution < -0.4 is 10.2 Å². The van der Waals surface area contributed by atoms with Gasteiger partial charge in [-0.2, -0.15) is 5.26 Å². The number of aryl methyl sites for hydroxylation is 1. The Hall–Kier alpha value is -2.06. The summed E-state index contributed by atoms with van der Waals surface area (Å²) in [4.78, 5) is 16.9. The first-order valence-corrected chi connectivity index (χ1v) is 8.77. The first-order chi connectivity index (χ1) is 11.5. The van der Waals surface area contributed by atoms with Gasteiger partial charge in [0.1, 0.15) is 5.54 Å². The van der Waals surface area contributed by atoms with Crippen LogP contribution in [0.1, 0.15) is 25.3 Å². The van der Waals surface area contributed by atoms with E-state index in [0.717, 1.165) is 39.0 Å². The van der Waals surface area contributed by atoms with E-state index in [1.807, 2.05) is 6.92 Å². The minimum Gasteiger partial charge on any atom is -0.369 e. The van der Waals surface area contributed by atoms with E-state index >= 15 is 0 Å². The van der Waals surface area contributed by atoms with Crippen molar-refractivity contribution in [1.29, 1.82) is 5.26 Å². The largest absolute Gasteiger partial charge is 0.369 e. The van der Waals surface area contributed by atoms with Crippen molar-refractivity contribution in [2.75, 3.05) is 37.6 Å². The molecule has 1 heterocycles. The Labute approximate surface area is 144 Å². The number of rotatable bonds is 5. The van der Waals surface area contributed by atoms with Crippen LogP contribution >= 0.6 is 0 Å². The normalized spacial score (nSPS) is 21.0. The van der Waals surface area contributed by atoms with Gasteiger partial charge in [-0.3, -0.25) is 9.69 Å². The van der Waals surface area contributed by atoms with Gasteiger partial charge in [-0.05, 0) is 44.2 Å². The monoisotopic (exact) mass is 326 g/mol. The highest BCUT2D eigenvalue weighted by molar-refractivity contribution is 5.79. The third kappa shape index (κ3) is 3.70. The number of amides is 1. The third-order valence-electron chi connectivity index (χ3n) is 5.22. The lowest BCUT2D eigenvalue weighted by Crippen LogP contribution is -2.53. The first-order valence-electron chi connectivity index (χ1n) is 8.77. The van der Waals surface area contributed by atoms with Crippen molar-refractivity contribution in [2.45, 2.75) is 32.2 Å². The van der Waals surface area contributed by atoms with E-state index in [1.54, 1.807) is 0 Å². The molecule has 128 valence electrons. The van der Waals surface area contributed by atoms with Gasteiger partial charge in [0.2, 0.25) is 5.91 Å². The van der Waals surface area contributed by atoms with Crippen molar-refractivity contribution in [3.63, 3.8) is 0 Å². The Kier molecular flexibility index (Phi) is 4.77. The van der Waals surface area contributed by atoms with Gasteiger partial charge in [-0.15, -0.1) is 0 Å². The van der Waals surface area contributed by atoms with Gasteiger partial charge in [0.25, 0.3) is 0 Å². The standard InChI is InChI=1S/C19H26N4O/c1-15-5-3-4-6-17(15)23-11-9-22(10-12-23)13-18(24)21-19(2,14-20)16-7-8-16/h3-6,16H,7-13H2,1-2H3,(H,21,24)/t19-/m0/s1. The average Bonchev–Trinajstić information content (AvgIpc) is 3.41. The van der Waals surface area contributed by atoms with Crippen molar-refractivity contribution < 1.29 is 4.79 Å². The van der Waals surface area contributed by atoms with Crippen LogP contribution in [0.4, 0.5) is 5.69 Å². The molecule has 0 aromatic heterocycles.